The van der Waals surface area contributed by atoms with Crippen LogP contribution in [0.4, 0.5) is 0 Å². The van der Waals surface area contributed by atoms with Gasteiger partial charge in [-0.05, 0) is 124 Å². The summed E-state index contributed by atoms with van der Waals surface area (Å²) in [5.41, 5.74) is 20.7. The second-order valence-corrected chi connectivity index (χ2v) is 15.0. The molecule has 232 valence electrons. The first-order valence-electron chi connectivity index (χ1n) is 17.2. The summed E-state index contributed by atoms with van der Waals surface area (Å²) in [6, 6.07) is 30.3. The fraction of sp³-hybridized carbons (Fsp3) is 0.318. The van der Waals surface area contributed by atoms with Gasteiger partial charge in [0.05, 0.1) is 0 Å². The van der Waals surface area contributed by atoms with Crippen molar-refractivity contribution < 1.29 is 4.74 Å². The van der Waals surface area contributed by atoms with Crippen LogP contribution in [-0.2, 0) is 0 Å². The molecule has 0 atom stereocenters. The number of para-hydroxylation sites is 1. The number of hydrogen-bond donors (Lipinski definition) is 0. The molecule has 5 aromatic rings. The molecule has 46 heavy (non-hydrogen) atoms. The molecule has 1 heterocycles. The van der Waals surface area contributed by atoms with Crippen LogP contribution in [0.1, 0.15) is 121 Å². The van der Waals surface area contributed by atoms with E-state index in [4.69, 9.17) is 4.74 Å². The summed E-state index contributed by atoms with van der Waals surface area (Å²) in [4.78, 5) is 0. The average Bonchev–Trinajstić information content (AvgIpc) is 3.33. The maximum Gasteiger partial charge on any atom is 0.251 e. The number of aryl methyl sites for hydroxylation is 4. The van der Waals surface area contributed by atoms with Crippen molar-refractivity contribution in [2.24, 2.45) is 0 Å². The van der Waals surface area contributed by atoms with Crippen molar-refractivity contribution in [2.45, 2.75) is 92.9 Å². The monoisotopic (exact) mass is 602 g/mol. The van der Waals surface area contributed by atoms with Crippen molar-refractivity contribution in [1.29, 1.82) is 0 Å². The van der Waals surface area contributed by atoms with Crippen LogP contribution in [-0.4, -0.2) is 6.71 Å². The highest BCUT2D eigenvalue weighted by Crippen LogP contribution is 2.51. The van der Waals surface area contributed by atoms with Crippen LogP contribution >= 0.6 is 0 Å². The zero-order valence-corrected chi connectivity index (χ0v) is 29.3. The normalized spacial score (nSPS) is 13.6. The van der Waals surface area contributed by atoms with Gasteiger partial charge in [-0.1, -0.05) is 125 Å². The zero-order valence-electron chi connectivity index (χ0n) is 29.3. The molecule has 5 aromatic carbocycles. The SMILES string of the molecule is Cc1cc(C)c2c(c1)-c1cc(C)cc(C)c1C2c1ccc2c(c1)Oc1ccccc1B2c1c(C(C)C)cc(C(C)C)cc1C(C)C. The first-order chi connectivity index (χ1) is 21.9. The van der Waals surface area contributed by atoms with Gasteiger partial charge in [0.2, 0.25) is 0 Å². The standard InChI is InChI=1S/C44H47BO/c1-24(2)32-21-33(25(3)4)44(34(22-32)26(5)6)45-37-13-11-12-14-39(37)46-40-23-31(15-16-38(40)45)43-41-29(9)17-27(7)19-35(41)36-20-28(8)18-30(10)42(36)43/h11-26,43H,1-10H3. The van der Waals surface area contributed by atoms with Crippen molar-refractivity contribution in [2.75, 3.05) is 0 Å². The Morgan fingerprint density at radius 1 is 0.565 bits per heavy atom. The van der Waals surface area contributed by atoms with Crippen LogP contribution in [0.3, 0.4) is 0 Å². The van der Waals surface area contributed by atoms with Crippen LogP contribution in [0.25, 0.3) is 11.1 Å². The van der Waals surface area contributed by atoms with Gasteiger partial charge in [0.1, 0.15) is 11.5 Å². The molecule has 2 aliphatic rings. The minimum atomic E-state index is 0.113. The van der Waals surface area contributed by atoms with E-state index in [0.29, 0.717) is 17.8 Å². The van der Waals surface area contributed by atoms with Crippen molar-refractivity contribution in [3.63, 3.8) is 0 Å². The topological polar surface area (TPSA) is 9.23 Å². The van der Waals surface area contributed by atoms with Crippen molar-refractivity contribution in [1.82, 2.24) is 0 Å². The minimum absolute atomic E-state index is 0.113. The summed E-state index contributed by atoms with van der Waals surface area (Å²) >= 11 is 0. The Labute approximate surface area is 277 Å². The highest BCUT2D eigenvalue weighted by Gasteiger charge is 2.38. The molecule has 0 fully saturated rings. The van der Waals surface area contributed by atoms with E-state index in [1.165, 1.54) is 83.1 Å². The third-order valence-electron chi connectivity index (χ3n) is 10.5. The van der Waals surface area contributed by atoms with Gasteiger partial charge in [-0.2, -0.15) is 0 Å². The van der Waals surface area contributed by atoms with Gasteiger partial charge in [-0.15, -0.1) is 0 Å². The zero-order chi connectivity index (χ0) is 32.6. The number of benzene rings is 5. The maximum atomic E-state index is 6.87. The highest BCUT2D eigenvalue weighted by atomic mass is 16.5. The molecular formula is C44H47BO. The number of fused-ring (bicyclic) bond motifs is 5. The molecule has 0 aromatic heterocycles. The van der Waals surface area contributed by atoms with Crippen molar-refractivity contribution in [3.8, 4) is 22.6 Å². The van der Waals surface area contributed by atoms with Crippen molar-refractivity contribution in [3.05, 3.63) is 134 Å². The van der Waals surface area contributed by atoms with Gasteiger partial charge in [-0.3, -0.25) is 0 Å². The fourth-order valence-corrected chi connectivity index (χ4v) is 8.46. The summed E-state index contributed by atoms with van der Waals surface area (Å²) < 4.78 is 6.87. The molecule has 0 bridgehead atoms. The average molecular weight is 603 g/mol. The van der Waals surface area contributed by atoms with Gasteiger partial charge < -0.3 is 4.74 Å². The summed E-state index contributed by atoms with van der Waals surface area (Å²) in [5.74, 6) is 3.45. The van der Waals surface area contributed by atoms with E-state index >= 15 is 0 Å². The molecule has 0 saturated carbocycles. The predicted octanol–water partition coefficient (Wildman–Crippen LogP) is 10.1. The Morgan fingerprint density at radius 2 is 1.11 bits per heavy atom. The minimum Gasteiger partial charge on any atom is -0.458 e. The Balaban J connectivity index is 1.47. The Hall–Kier alpha value is -4.04. The van der Waals surface area contributed by atoms with E-state index in [1.807, 2.05) is 0 Å². The molecular weight excluding hydrogens is 555 g/mol. The molecule has 0 amide bonds. The lowest BCUT2D eigenvalue weighted by Crippen LogP contribution is -2.57. The highest BCUT2D eigenvalue weighted by molar-refractivity contribution is 6.97. The number of hydrogen-bond acceptors (Lipinski definition) is 1. The van der Waals surface area contributed by atoms with Crippen LogP contribution in [0.5, 0.6) is 11.5 Å². The lowest BCUT2D eigenvalue weighted by molar-refractivity contribution is 0.486. The van der Waals surface area contributed by atoms with E-state index in [2.05, 4.69) is 148 Å². The summed E-state index contributed by atoms with van der Waals surface area (Å²) in [6.45, 7) is 23.2. The second kappa shape index (κ2) is 11.3. The predicted molar refractivity (Wildman–Crippen MR) is 198 cm³/mol. The summed E-state index contributed by atoms with van der Waals surface area (Å²) in [5, 5.41) is 0. The van der Waals surface area contributed by atoms with Gasteiger partial charge in [0, 0.05) is 5.92 Å². The van der Waals surface area contributed by atoms with Crippen LogP contribution in [0, 0.1) is 27.7 Å². The smallest absolute Gasteiger partial charge is 0.251 e. The Bertz CT molecular complexity index is 1920. The third-order valence-corrected chi connectivity index (χ3v) is 10.5. The number of rotatable bonds is 5. The van der Waals surface area contributed by atoms with Gasteiger partial charge in [0.25, 0.3) is 6.71 Å². The Morgan fingerprint density at radius 3 is 1.65 bits per heavy atom. The first-order valence-corrected chi connectivity index (χ1v) is 17.2. The van der Waals surface area contributed by atoms with Gasteiger partial charge in [-0.25, -0.2) is 0 Å². The van der Waals surface area contributed by atoms with Crippen LogP contribution in [0.2, 0.25) is 0 Å². The molecule has 0 unspecified atom stereocenters. The molecule has 7 rings (SSSR count). The molecule has 0 saturated heterocycles. The first kappa shape index (κ1) is 30.6. The largest absolute Gasteiger partial charge is 0.458 e. The van der Waals surface area contributed by atoms with Gasteiger partial charge in [0.15, 0.2) is 0 Å². The van der Waals surface area contributed by atoms with Crippen LogP contribution < -0.4 is 21.1 Å². The number of ether oxygens (including phenoxy) is 1. The molecule has 2 heteroatoms. The van der Waals surface area contributed by atoms with E-state index < -0.39 is 0 Å². The maximum absolute atomic E-state index is 6.87. The third kappa shape index (κ3) is 4.84. The summed E-state index contributed by atoms with van der Waals surface area (Å²) in [7, 11) is 0. The van der Waals surface area contributed by atoms with Gasteiger partial charge >= 0.3 is 0 Å². The van der Waals surface area contributed by atoms with E-state index in [-0.39, 0.29) is 12.6 Å². The van der Waals surface area contributed by atoms with E-state index in [0.717, 1.165) is 11.5 Å². The molecule has 1 nitrogen and oxygen atoms in total. The quantitative estimate of drug-likeness (QED) is 0.178. The molecule has 0 spiro atoms. The molecule has 1 aliphatic heterocycles. The van der Waals surface area contributed by atoms with E-state index in [1.54, 1.807) is 0 Å². The van der Waals surface area contributed by atoms with Crippen LogP contribution in [0.15, 0.2) is 78.9 Å². The van der Waals surface area contributed by atoms with Crippen molar-refractivity contribution >= 4 is 23.1 Å². The molecule has 1 aliphatic carbocycles. The Kier molecular flexibility index (Phi) is 7.54. The lowest BCUT2D eigenvalue weighted by atomic mass is 9.34. The fourth-order valence-electron chi connectivity index (χ4n) is 8.46. The second-order valence-electron chi connectivity index (χ2n) is 15.0. The lowest BCUT2D eigenvalue weighted by Gasteiger charge is -2.32. The summed E-state index contributed by atoms with van der Waals surface area (Å²) in [6.07, 6.45) is 0. The molecule has 0 N–H and O–H groups in total. The van der Waals surface area contributed by atoms with E-state index in [9.17, 15) is 0 Å². The molecule has 0 radical (unpaired) electrons.